The maximum Gasteiger partial charge on any atom is 0.215 e. The highest BCUT2D eigenvalue weighted by atomic mass is 16.5. The molecule has 0 aromatic heterocycles. The van der Waals surface area contributed by atoms with Crippen LogP contribution < -0.4 is 0 Å². The molecule has 2 rings (SSSR count). The van der Waals surface area contributed by atoms with Crippen molar-refractivity contribution in [2.45, 2.75) is 6.61 Å². The molecule has 0 bridgehead atoms. The van der Waals surface area contributed by atoms with Crippen LogP contribution in [0.15, 0.2) is 41.5 Å². The average molecular weight is 175 g/mol. The van der Waals surface area contributed by atoms with Crippen LogP contribution in [0.4, 0.5) is 0 Å². The molecule has 1 aliphatic heterocycles. The summed E-state index contributed by atoms with van der Waals surface area (Å²) in [6.45, 7) is 0.357. The van der Waals surface area contributed by atoms with E-state index in [0.29, 0.717) is 12.5 Å². The summed E-state index contributed by atoms with van der Waals surface area (Å²) >= 11 is 0. The smallest absolute Gasteiger partial charge is 0.215 e. The van der Waals surface area contributed by atoms with E-state index in [4.69, 9.17) is 4.74 Å². The fraction of sp³-hybridized carbons (Fsp3) is 0.100. The summed E-state index contributed by atoms with van der Waals surface area (Å²) in [4.78, 5) is 3.85. The van der Waals surface area contributed by atoms with E-state index in [0.717, 1.165) is 5.56 Å². The largest absolute Gasteiger partial charge is 0.508 e. The Bertz CT molecular complexity index is 369. The molecule has 0 saturated carbocycles. The van der Waals surface area contributed by atoms with E-state index < -0.39 is 0 Å². The summed E-state index contributed by atoms with van der Waals surface area (Å²) in [5.74, 6) is 0.870. The third kappa shape index (κ3) is 1.69. The highest BCUT2D eigenvalue weighted by molar-refractivity contribution is 5.92. The highest BCUT2D eigenvalue weighted by Gasteiger charge is 2.04. The Morgan fingerprint density at radius 2 is 2.08 bits per heavy atom. The monoisotopic (exact) mass is 175 g/mol. The molecule has 3 nitrogen and oxygen atoms in total. The van der Waals surface area contributed by atoms with Crippen molar-refractivity contribution < 1.29 is 9.84 Å². The molecule has 0 amide bonds. The Morgan fingerprint density at radius 3 is 2.69 bits per heavy atom. The number of hydrogen-bond donors (Lipinski definition) is 1. The lowest BCUT2D eigenvalue weighted by Crippen LogP contribution is -2.05. The number of para-hydroxylation sites is 1. The van der Waals surface area contributed by atoms with E-state index in [1.807, 2.05) is 12.1 Å². The molecular formula is C10H9NO2. The summed E-state index contributed by atoms with van der Waals surface area (Å²) in [6, 6.07) is 7.09. The van der Waals surface area contributed by atoms with Crippen LogP contribution in [0.5, 0.6) is 5.75 Å². The lowest BCUT2D eigenvalue weighted by atomic mass is 10.2. The van der Waals surface area contributed by atoms with E-state index in [1.54, 1.807) is 24.4 Å². The van der Waals surface area contributed by atoms with Gasteiger partial charge in [0.05, 0.1) is 0 Å². The first-order valence-corrected chi connectivity index (χ1v) is 4.00. The molecule has 0 atom stereocenters. The predicted molar refractivity (Wildman–Crippen MR) is 49.5 cm³/mol. The summed E-state index contributed by atoms with van der Waals surface area (Å²) < 4.78 is 5.25. The molecule has 1 heterocycles. The van der Waals surface area contributed by atoms with Crippen molar-refractivity contribution in [2.24, 2.45) is 4.99 Å². The van der Waals surface area contributed by atoms with Crippen LogP contribution in [0.1, 0.15) is 5.56 Å². The van der Waals surface area contributed by atoms with Gasteiger partial charge < -0.3 is 9.84 Å². The molecular weight excluding hydrogens is 166 g/mol. The second kappa shape index (κ2) is 3.31. The lowest BCUT2D eigenvalue weighted by Gasteiger charge is -2.09. The van der Waals surface area contributed by atoms with Gasteiger partial charge in [0.25, 0.3) is 0 Å². The second-order valence-corrected chi connectivity index (χ2v) is 2.70. The van der Waals surface area contributed by atoms with Crippen LogP contribution >= 0.6 is 0 Å². The Hall–Kier alpha value is -1.77. The van der Waals surface area contributed by atoms with Crippen LogP contribution in [0.2, 0.25) is 0 Å². The fourth-order valence-electron chi connectivity index (χ4n) is 1.01. The van der Waals surface area contributed by atoms with E-state index >= 15 is 0 Å². The first kappa shape index (κ1) is 7.86. The van der Waals surface area contributed by atoms with Crippen molar-refractivity contribution in [3.05, 3.63) is 42.1 Å². The van der Waals surface area contributed by atoms with E-state index in [9.17, 15) is 5.11 Å². The molecule has 1 aliphatic rings. The zero-order chi connectivity index (χ0) is 9.10. The number of benzene rings is 1. The number of phenolic OH excluding ortho intramolecular Hbond substituents is 1. The Morgan fingerprint density at radius 1 is 1.31 bits per heavy atom. The number of rotatable bonds is 2. The van der Waals surface area contributed by atoms with Gasteiger partial charge in [-0.3, -0.25) is 0 Å². The molecule has 0 unspecified atom stereocenters. The predicted octanol–water partition coefficient (Wildman–Crippen LogP) is 1.83. The van der Waals surface area contributed by atoms with Crippen LogP contribution in [0.25, 0.3) is 0 Å². The average Bonchev–Trinajstić information content (AvgIpc) is 2.05. The third-order valence-electron chi connectivity index (χ3n) is 1.79. The minimum absolute atomic E-state index is 0.256. The SMILES string of the molecule is Oc1ccccc1COC1=NC=C1. The molecule has 0 aliphatic carbocycles. The molecule has 3 heteroatoms. The molecule has 0 saturated heterocycles. The molecule has 13 heavy (non-hydrogen) atoms. The molecule has 0 radical (unpaired) electrons. The first-order chi connectivity index (χ1) is 6.36. The van der Waals surface area contributed by atoms with Gasteiger partial charge in [-0.1, -0.05) is 18.2 Å². The van der Waals surface area contributed by atoms with Crippen molar-refractivity contribution in [3.8, 4) is 5.75 Å². The van der Waals surface area contributed by atoms with Gasteiger partial charge in [-0.15, -0.1) is 0 Å². The van der Waals surface area contributed by atoms with Gasteiger partial charge in [0.1, 0.15) is 12.4 Å². The van der Waals surface area contributed by atoms with E-state index in [1.165, 1.54) is 0 Å². The molecule has 66 valence electrons. The van der Waals surface area contributed by atoms with Gasteiger partial charge in [-0.05, 0) is 6.07 Å². The Balaban J connectivity index is 1.97. The zero-order valence-electron chi connectivity index (χ0n) is 6.97. The van der Waals surface area contributed by atoms with Crippen LogP contribution in [0, 0.1) is 0 Å². The topological polar surface area (TPSA) is 41.8 Å². The number of aliphatic imine (C=N–C) groups is 1. The molecule has 0 fully saturated rings. The fourth-order valence-corrected chi connectivity index (χ4v) is 1.01. The molecule has 0 spiro atoms. The van der Waals surface area contributed by atoms with Crippen LogP contribution in [-0.2, 0) is 11.3 Å². The lowest BCUT2D eigenvalue weighted by molar-refractivity contribution is 0.286. The zero-order valence-corrected chi connectivity index (χ0v) is 6.97. The number of phenols is 1. The van der Waals surface area contributed by atoms with Gasteiger partial charge in [-0.2, -0.15) is 0 Å². The van der Waals surface area contributed by atoms with Crippen molar-refractivity contribution >= 4 is 5.90 Å². The Kier molecular flexibility index (Phi) is 2.00. The van der Waals surface area contributed by atoms with Crippen molar-refractivity contribution in [1.29, 1.82) is 0 Å². The molecule has 1 N–H and O–H groups in total. The number of nitrogens with zero attached hydrogens (tertiary/aromatic N) is 1. The van der Waals surface area contributed by atoms with Gasteiger partial charge in [0.15, 0.2) is 0 Å². The normalized spacial score (nSPS) is 13.4. The van der Waals surface area contributed by atoms with Gasteiger partial charge in [0, 0.05) is 17.8 Å². The summed E-state index contributed by atoms with van der Waals surface area (Å²) in [6.07, 6.45) is 3.44. The number of ether oxygens (including phenoxy) is 1. The molecule has 1 aromatic carbocycles. The van der Waals surface area contributed by atoms with Gasteiger partial charge in [-0.25, -0.2) is 4.99 Å². The first-order valence-electron chi connectivity index (χ1n) is 4.00. The molecule has 1 aromatic rings. The van der Waals surface area contributed by atoms with Crippen molar-refractivity contribution in [2.75, 3.05) is 0 Å². The quantitative estimate of drug-likeness (QED) is 0.745. The van der Waals surface area contributed by atoms with Gasteiger partial charge in [0.2, 0.25) is 5.90 Å². The third-order valence-corrected chi connectivity index (χ3v) is 1.79. The minimum atomic E-state index is 0.256. The summed E-state index contributed by atoms with van der Waals surface area (Å²) in [5.41, 5.74) is 0.769. The standard InChI is InChI=1S/C10H9NO2/c12-9-4-2-1-3-8(9)7-13-10-5-6-11-10/h1-6,12H,7H2. The van der Waals surface area contributed by atoms with Crippen LogP contribution in [-0.4, -0.2) is 11.0 Å². The second-order valence-electron chi connectivity index (χ2n) is 2.70. The Labute approximate surface area is 76.0 Å². The highest BCUT2D eigenvalue weighted by Crippen LogP contribution is 2.17. The maximum absolute atomic E-state index is 9.38. The van der Waals surface area contributed by atoms with Crippen molar-refractivity contribution in [3.63, 3.8) is 0 Å². The van der Waals surface area contributed by atoms with Crippen molar-refractivity contribution in [1.82, 2.24) is 0 Å². The van der Waals surface area contributed by atoms with E-state index in [2.05, 4.69) is 4.99 Å². The van der Waals surface area contributed by atoms with Gasteiger partial charge >= 0.3 is 0 Å². The van der Waals surface area contributed by atoms with Crippen LogP contribution in [0.3, 0.4) is 0 Å². The number of aromatic hydroxyl groups is 1. The summed E-state index contributed by atoms with van der Waals surface area (Å²) in [5, 5.41) is 9.38. The maximum atomic E-state index is 9.38. The van der Waals surface area contributed by atoms with E-state index in [-0.39, 0.29) is 5.75 Å². The minimum Gasteiger partial charge on any atom is -0.508 e. The summed E-state index contributed by atoms with van der Waals surface area (Å²) in [7, 11) is 0. The number of hydrogen-bond acceptors (Lipinski definition) is 3.